The SMILES string of the molecule is Cc1cncc(C(=O)N2CCO[C@@H](c3cccc(N(C)C)n3)C2)c1. The molecule has 2 aromatic heterocycles. The zero-order valence-corrected chi connectivity index (χ0v) is 14.3. The minimum Gasteiger partial charge on any atom is -0.368 e. The molecule has 1 atom stereocenters. The van der Waals surface area contributed by atoms with Crippen molar-refractivity contribution in [1.82, 2.24) is 14.9 Å². The van der Waals surface area contributed by atoms with E-state index in [2.05, 4.69) is 9.97 Å². The highest BCUT2D eigenvalue weighted by atomic mass is 16.5. The summed E-state index contributed by atoms with van der Waals surface area (Å²) in [6.07, 6.45) is 3.15. The van der Waals surface area contributed by atoms with Crippen molar-refractivity contribution < 1.29 is 9.53 Å². The number of amides is 1. The summed E-state index contributed by atoms with van der Waals surface area (Å²) in [6.45, 7) is 3.51. The van der Waals surface area contributed by atoms with Gasteiger partial charge in [0.1, 0.15) is 11.9 Å². The Morgan fingerprint density at radius 2 is 2.17 bits per heavy atom. The fourth-order valence-corrected chi connectivity index (χ4v) is 2.74. The van der Waals surface area contributed by atoms with E-state index >= 15 is 0 Å². The molecule has 0 spiro atoms. The molecule has 1 amide bonds. The Hall–Kier alpha value is -2.47. The van der Waals surface area contributed by atoms with E-state index in [-0.39, 0.29) is 12.0 Å². The number of carbonyl (C=O) groups excluding carboxylic acids is 1. The van der Waals surface area contributed by atoms with Crippen molar-refractivity contribution in [2.24, 2.45) is 0 Å². The monoisotopic (exact) mass is 326 g/mol. The Morgan fingerprint density at radius 3 is 2.92 bits per heavy atom. The van der Waals surface area contributed by atoms with E-state index in [1.165, 1.54) is 0 Å². The molecule has 3 rings (SSSR count). The summed E-state index contributed by atoms with van der Waals surface area (Å²) in [6, 6.07) is 7.73. The Kier molecular flexibility index (Phi) is 4.76. The van der Waals surface area contributed by atoms with Crippen molar-refractivity contribution in [3.05, 3.63) is 53.5 Å². The number of aromatic nitrogens is 2. The van der Waals surface area contributed by atoms with Gasteiger partial charge in [0.15, 0.2) is 0 Å². The number of anilines is 1. The minimum atomic E-state index is -0.208. The van der Waals surface area contributed by atoms with E-state index in [1.807, 2.05) is 55.1 Å². The molecule has 6 nitrogen and oxygen atoms in total. The highest BCUT2D eigenvalue weighted by molar-refractivity contribution is 5.94. The van der Waals surface area contributed by atoms with E-state index in [0.29, 0.717) is 25.3 Å². The van der Waals surface area contributed by atoms with Gasteiger partial charge in [-0.05, 0) is 30.7 Å². The largest absolute Gasteiger partial charge is 0.368 e. The van der Waals surface area contributed by atoms with Gasteiger partial charge in [0.25, 0.3) is 5.91 Å². The third kappa shape index (κ3) is 3.54. The number of nitrogens with zero attached hydrogens (tertiary/aromatic N) is 4. The molecule has 0 N–H and O–H groups in total. The van der Waals surface area contributed by atoms with Crippen LogP contribution in [0.15, 0.2) is 36.7 Å². The maximum Gasteiger partial charge on any atom is 0.255 e. The lowest BCUT2D eigenvalue weighted by atomic mass is 10.1. The Labute approximate surface area is 142 Å². The normalized spacial score (nSPS) is 17.6. The lowest BCUT2D eigenvalue weighted by molar-refractivity contribution is -0.0247. The van der Waals surface area contributed by atoms with Crippen LogP contribution in [0.5, 0.6) is 0 Å². The van der Waals surface area contributed by atoms with Crippen LogP contribution in [0.25, 0.3) is 0 Å². The summed E-state index contributed by atoms with van der Waals surface area (Å²) in [5, 5.41) is 0. The van der Waals surface area contributed by atoms with Crippen LogP contribution in [0.2, 0.25) is 0 Å². The molecular weight excluding hydrogens is 304 g/mol. The minimum absolute atomic E-state index is 0.0109. The first-order valence-electron chi connectivity index (χ1n) is 8.01. The number of carbonyl (C=O) groups is 1. The van der Waals surface area contributed by atoms with E-state index in [0.717, 1.165) is 17.1 Å². The number of aryl methyl sites for hydroxylation is 1. The molecule has 2 aromatic rings. The number of hydrogen-bond acceptors (Lipinski definition) is 5. The third-order valence-electron chi connectivity index (χ3n) is 4.02. The van der Waals surface area contributed by atoms with Crippen molar-refractivity contribution in [1.29, 1.82) is 0 Å². The molecule has 0 aromatic carbocycles. The maximum atomic E-state index is 12.7. The van der Waals surface area contributed by atoms with Gasteiger partial charge in [-0.2, -0.15) is 0 Å². The number of hydrogen-bond donors (Lipinski definition) is 0. The van der Waals surface area contributed by atoms with Crippen LogP contribution >= 0.6 is 0 Å². The van der Waals surface area contributed by atoms with Gasteiger partial charge in [0.05, 0.1) is 24.4 Å². The number of pyridine rings is 2. The fraction of sp³-hybridized carbons (Fsp3) is 0.389. The van der Waals surface area contributed by atoms with E-state index in [9.17, 15) is 4.79 Å². The van der Waals surface area contributed by atoms with Crippen molar-refractivity contribution in [3.8, 4) is 0 Å². The maximum absolute atomic E-state index is 12.7. The van der Waals surface area contributed by atoms with Crippen molar-refractivity contribution in [2.45, 2.75) is 13.0 Å². The summed E-state index contributed by atoms with van der Waals surface area (Å²) in [4.78, 5) is 25.2. The molecule has 1 fully saturated rings. The molecule has 24 heavy (non-hydrogen) atoms. The molecule has 6 heteroatoms. The second kappa shape index (κ2) is 6.97. The van der Waals surface area contributed by atoms with Crippen LogP contribution in [0.4, 0.5) is 5.82 Å². The smallest absolute Gasteiger partial charge is 0.255 e. The van der Waals surface area contributed by atoms with Crippen LogP contribution in [-0.2, 0) is 4.74 Å². The quantitative estimate of drug-likeness (QED) is 0.864. The van der Waals surface area contributed by atoms with E-state index < -0.39 is 0 Å². The van der Waals surface area contributed by atoms with Gasteiger partial charge >= 0.3 is 0 Å². The van der Waals surface area contributed by atoms with Crippen LogP contribution < -0.4 is 4.90 Å². The van der Waals surface area contributed by atoms with Gasteiger partial charge in [0.2, 0.25) is 0 Å². The van der Waals surface area contributed by atoms with Gasteiger partial charge in [-0.25, -0.2) is 4.98 Å². The predicted molar refractivity (Wildman–Crippen MR) is 92.1 cm³/mol. The number of rotatable bonds is 3. The zero-order chi connectivity index (χ0) is 17.1. The highest BCUT2D eigenvalue weighted by Crippen LogP contribution is 2.23. The number of ether oxygens (including phenoxy) is 1. The zero-order valence-electron chi connectivity index (χ0n) is 14.3. The molecule has 1 aliphatic rings. The lowest BCUT2D eigenvalue weighted by Gasteiger charge is -2.33. The average molecular weight is 326 g/mol. The summed E-state index contributed by atoms with van der Waals surface area (Å²) in [5.41, 5.74) is 2.44. The second-order valence-electron chi connectivity index (χ2n) is 6.18. The van der Waals surface area contributed by atoms with E-state index in [4.69, 9.17) is 4.74 Å². The summed E-state index contributed by atoms with van der Waals surface area (Å²) >= 11 is 0. The molecular formula is C18H22N4O2. The summed E-state index contributed by atoms with van der Waals surface area (Å²) in [5.74, 6) is 0.866. The average Bonchev–Trinajstić information content (AvgIpc) is 2.61. The van der Waals surface area contributed by atoms with E-state index in [1.54, 1.807) is 12.4 Å². The molecule has 0 bridgehead atoms. The van der Waals surface area contributed by atoms with Crippen LogP contribution in [0.3, 0.4) is 0 Å². The Bertz CT molecular complexity index is 732. The Balaban J connectivity index is 1.77. The number of morpholine rings is 1. The topological polar surface area (TPSA) is 58.6 Å². The van der Waals surface area contributed by atoms with Crippen LogP contribution in [-0.4, -0.2) is 54.6 Å². The summed E-state index contributed by atoms with van der Waals surface area (Å²) in [7, 11) is 3.91. The highest BCUT2D eigenvalue weighted by Gasteiger charge is 2.27. The standard InChI is InChI=1S/C18H22N4O2/c1-13-9-14(11-19-10-13)18(23)22-7-8-24-16(12-22)15-5-4-6-17(20-15)21(2)3/h4-6,9-11,16H,7-8,12H2,1-3H3/t16-/m1/s1. The molecule has 0 saturated carbocycles. The van der Waals surface area contributed by atoms with Crippen LogP contribution in [0.1, 0.15) is 27.7 Å². The predicted octanol–water partition coefficient (Wildman–Crippen LogP) is 2.06. The molecule has 3 heterocycles. The molecule has 126 valence electrons. The fourth-order valence-electron chi connectivity index (χ4n) is 2.74. The molecule has 1 aliphatic heterocycles. The van der Waals surface area contributed by atoms with Crippen molar-refractivity contribution in [2.75, 3.05) is 38.7 Å². The van der Waals surface area contributed by atoms with Crippen molar-refractivity contribution in [3.63, 3.8) is 0 Å². The first-order chi connectivity index (χ1) is 11.5. The first kappa shape index (κ1) is 16.4. The Morgan fingerprint density at radius 1 is 1.33 bits per heavy atom. The van der Waals surface area contributed by atoms with Gasteiger partial charge < -0.3 is 14.5 Å². The molecule has 0 aliphatic carbocycles. The van der Waals surface area contributed by atoms with Crippen molar-refractivity contribution >= 4 is 11.7 Å². The van der Waals surface area contributed by atoms with Gasteiger partial charge in [-0.15, -0.1) is 0 Å². The third-order valence-corrected chi connectivity index (χ3v) is 4.02. The molecule has 0 unspecified atom stereocenters. The molecule has 0 radical (unpaired) electrons. The van der Waals surface area contributed by atoms with Gasteiger partial charge in [-0.1, -0.05) is 6.07 Å². The van der Waals surface area contributed by atoms with Gasteiger partial charge in [0, 0.05) is 33.0 Å². The van der Waals surface area contributed by atoms with Crippen LogP contribution in [0, 0.1) is 6.92 Å². The lowest BCUT2D eigenvalue weighted by Crippen LogP contribution is -2.42. The van der Waals surface area contributed by atoms with Gasteiger partial charge in [-0.3, -0.25) is 9.78 Å². The first-order valence-corrected chi connectivity index (χ1v) is 8.01. The second-order valence-corrected chi connectivity index (χ2v) is 6.18. The summed E-state index contributed by atoms with van der Waals surface area (Å²) < 4.78 is 5.85. The molecule has 1 saturated heterocycles.